The Balaban J connectivity index is 0.00000200. The predicted octanol–water partition coefficient (Wildman–Crippen LogP) is 2.23. The Morgan fingerprint density at radius 1 is 1.55 bits per heavy atom. The number of halogens is 1. The minimum Gasteiger partial charge on any atom is -0.359 e. The molecule has 0 spiro atoms. The highest BCUT2D eigenvalue weighted by Gasteiger charge is 2.22. The van der Waals surface area contributed by atoms with Crippen molar-refractivity contribution < 1.29 is 9.32 Å². The van der Waals surface area contributed by atoms with Crippen LogP contribution in [0, 0.1) is 5.92 Å². The quantitative estimate of drug-likeness (QED) is 0.845. The maximum atomic E-state index is 11.9. The maximum absolute atomic E-state index is 11.9. The minimum absolute atomic E-state index is 0. The summed E-state index contributed by atoms with van der Waals surface area (Å²) in [6.07, 6.45) is 3.03. The van der Waals surface area contributed by atoms with Gasteiger partial charge in [-0.05, 0) is 25.8 Å². The lowest BCUT2D eigenvalue weighted by Gasteiger charge is -2.08. The number of nitrogens with one attached hydrogen (secondary N) is 2. The van der Waals surface area contributed by atoms with Crippen LogP contribution in [0.15, 0.2) is 10.6 Å². The topological polar surface area (TPSA) is 67.2 Å². The molecule has 1 aromatic heterocycles. The van der Waals surface area contributed by atoms with Crippen LogP contribution < -0.4 is 10.6 Å². The fourth-order valence-corrected chi connectivity index (χ4v) is 2.51. The van der Waals surface area contributed by atoms with Crippen LogP contribution in [0.4, 0.5) is 0 Å². The SMILES string of the molecule is CCC(CC)c1cc(CNC(=O)C2CCNC2)on1.Cl. The Labute approximate surface area is 126 Å². The molecule has 114 valence electrons. The molecule has 0 aromatic carbocycles. The zero-order valence-electron chi connectivity index (χ0n) is 12.1. The highest BCUT2D eigenvalue weighted by molar-refractivity contribution is 5.85. The molecular weight excluding hydrogens is 278 g/mol. The van der Waals surface area contributed by atoms with Gasteiger partial charge in [0, 0.05) is 18.5 Å². The second-order valence-electron chi connectivity index (χ2n) is 5.14. The lowest BCUT2D eigenvalue weighted by Crippen LogP contribution is -2.31. The Hall–Kier alpha value is -1.07. The molecule has 6 heteroatoms. The van der Waals surface area contributed by atoms with Crippen LogP contribution in [-0.4, -0.2) is 24.2 Å². The summed E-state index contributed by atoms with van der Waals surface area (Å²) in [6, 6.07) is 1.96. The van der Waals surface area contributed by atoms with Crippen LogP contribution in [0.2, 0.25) is 0 Å². The summed E-state index contributed by atoms with van der Waals surface area (Å²) >= 11 is 0. The first-order valence-corrected chi connectivity index (χ1v) is 7.18. The van der Waals surface area contributed by atoms with Crippen LogP contribution in [0.3, 0.4) is 0 Å². The standard InChI is InChI=1S/C14H23N3O2.ClH/c1-3-10(4-2)13-7-12(19-17-13)9-16-14(18)11-5-6-15-8-11;/h7,10-11,15H,3-6,8-9H2,1-2H3,(H,16,18);1H. The van der Waals surface area contributed by atoms with Crippen molar-refractivity contribution in [1.29, 1.82) is 0 Å². The van der Waals surface area contributed by atoms with Crippen LogP contribution in [0.5, 0.6) is 0 Å². The van der Waals surface area contributed by atoms with Crippen LogP contribution in [0.25, 0.3) is 0 Å². The lowest BCUT2D eigenvalue weighted by atomic mass is 9.99. The molecule has 1 aliphatic rings. The van der Waals surface area contributed by atoms with Crippen molar-refractivity contribution in [3.63, 3.8) is 0 Å². The molecule has 5 nitrogen and oxygen atoms in total. The van der Waals surface area contributed by atoms with Gasteiger partial charge in [0.25, 0.3) is 0 Å². The van der Waals surface area contributed by atoms with E-state index in [1.54, 1.807) is 0 Å². The van der Waals surface area contributed by atoms with Crippen molar-refractivity contribution in [2.45, 2.75) is 45.6 Å². The van der Waals surface area contributed by atoms with Gasteiger partial charge in [0.05, 0.1) is 18.2 Å². The van der Waals surface area contributed by atoms with E-state index in [-0.39, 0.29) is 24.2 Å². The third-order valence-corrected chi connectivity index (χ3v) is 3.85. The number of amides is 1. The van der Waals surface area contributed by atoms with Crippen molar-refractivity contribution in [2.24, 2.45) is 5.92 Å². The molecule has 1 aromatic rings. The van der Waals surface area contributed by atoms with E-state index in [4.69, 9.17) is 4.52 Å². The van der Waals surface area contributed by atoms with Gasteiger partial charge in [0.1, 0.15) is 0 Å². The summed E-state index contributed by atoms with van der Waals surface area (Å²) in [4.78, 5) is 11.9. The zero-order chi connectivity index (χ0) is 13.7. The molecule has 1 amide bonds. The van der Waals surface area contributed by atoms with Gasteiger partial charge in [-0.1, -0.05) is 19.0 Å². The molecule has 0 bridgehead atoms. The molecule has 20 heavy (non-hydrogen) atoms. The molecular formula is C14H24ClN3O2. The van der Waals surface area contributed by atoms with Crippen molar-refractivity contribution in [3.05, 3.63) is 17.5 Å². The Bertz CT molecular complexity index is 412. The summed E-state index contributed by atoms with van der Waals surface area (Å²) in [5.41, 5.74) is 0.997. The molecule has 2 N–H and O–H groups in total. The van der Waals surface area contributed by atoms with Crippen molar-refractivity contribution in [3.8, 4) is 0 Å². The van der Waals surface area contributed by atoms with Gasteiger partial charge in [-0.15, -0.1) is 12.4 Å². The van der Waals surface area contributed by atoms with Gasteiger partial charge >= 0.3 is 0 Å². The van der Waals surface area contributed by atoms with Crippen molar-refractivity contribution in [1.82, 2.24) is 15.8 Å². The van der Waals surface area contributed by atoms with Gasteiger partial charge in [-0.25, -0.2) is 0 Å². The van der Waals surface area contributed by atoms with Gasteiger partial charge in [0.15, 0.2) is 5.76 Å². The van der Waals surface area contributed by atoms with E-state index in [9.17, 15) is 4.79 Å². The van der Waals surface area contributed by atoms with Gasteiger partial charge < -0.3 is 15.2 Å². The van der Waals surface area contributed by atoms with Crippen LogP contribution >= 0.6 is 12.4 Å². The summed E-state index contributed by atoms with van der Waals surface area (Å²) in [5.74, 6) is 1.39. The first-order valence-electron chi connectivity index (χ1n) is 7.18. The van der Waals surface area contributed by atoms with E-state index in [2.05, 4.69) is 29.6 Å². The van der Waals surface area contributed by atoms with E-state index in [1.165, 1.54) is 0 Å². The zero-order valence-corrected chi connectivity index (χ0v) is 13.0. The first kappa shape index (κ1) is 17.0. The van der Waals surface area contributed by atoms with Crippen LogP contribution in [-0.2, 0) is 11.3 Å². The average molecular weight is 302 g/mol. The summed E-state index contributed by atoms with van der Waals surface area (Å²) in [5, 5.41) is 10.2. The smallest absolute Gasteiger partial charge is 0.224 e. The summed E-state index contributed by atoms with van der Waals surface area (Å²) < 4.78 is 5.28. The second-order valence-corrected chi connectivity index (χ2v) is 5.14. The highest BCUT2D eigenvalue weighted by atomic mass is 35.5. The largest absolute Gasteiger partial charge is 0.359 e. The van der Waals surface area contributed by atoms with Crippen LogP contribution in [0.1, 0.15) is 50.5 Å². The monoisotopic (exact) mass is 301 g/mol. The fraction of sp³-hybridized carbons (Fsp3) is 0.714. The number of nitrogens with zero attached hydrogens (tertiary/aromatic N) is 1. The molecule has 1 atom stereocenters. The molecule has 1 saturated heterocycles. The van der Waals surface area contributed by atoms with Crippen molar-refractivity contribution >= 4 is 18.3 Å². The summed E-state index contributed by atoms with van der Waals surface area (Å²) in [7, 11) is 0. The van der Waals surface area contributed by atoms with Crippen molar-refractivity contribution in [2.75, 3.05) is 13.1 Å². The Kier molecular flexibility index (Phi) is 7.02. The fourth-order valence-electron chi connectivity index (χ4n) is 2.51. The molecule has 0 aliphatic carbocycles. The molecule has 1 fully saturated rings. The average Bonchev–Trinajstić information content (AvgIpc) is 3.09. The lowest BCUT2D eigenvalue weighted by molar-refractivity contribution is -0.124. The molecule has 2 rings (SSSR count). The minimum atomic E-state index is 0. The first-order chi connectivity index (χ1) is 9.24. The molecule has 1 aliphatic heterocycles. The van der Waals surface area contributed by atoms with Gasteiger partial charge in [-0.2, -0.15) is 0 Å². The maximum Gasteiger partial charge on any atom is 0.224 e. The predicted molar refractivity (Wildman–Crippen MR) is 79.9 cm³/mol. The van der Waals surface area contributed by atoms with Gasteiger partial charge in [0.2, 0.25) is 5.91 Å². The molecule has 0 saturated carbocycles. The number of hydrogen-bond donors (Lipinski definition) is 2. The Morgan fingerprint density at radius 2 is 2.30 bits per heavy atom. The Morgan fingerprint density at radius 3 is 2.90 bits per heavy atom. The number of aromatic nitrogens is 1. The molecule has 2 heterocycles. The van der Waals surface area contributed by atoms with E-state index in [1.807, 2.05) is 6.07 Å². The third-order valence-electron chi connectivity index (χ3n) is 3.85. The number of carbonyl (C=O) groups is 1. The number of rotatable bonds is 6. The molecule has 1 unspecified atom stereocenters. The second kappa shape index (κ2) is 8.27. The van der Waals surface area contributed by atoms with E-state index < -0.39 is 0 Å². The summed E-state index contributed by atoms with van der Waals surface area (Å²) in [6.45, 7) is 6.44. The normalized spacial score (nSPS) is 18.1. The van der Waals surface area contributed by atoms with Gasteiger partial charge in [-0.3, -0.25) is 4.79 Å². The van der Waals surface area contributed by atoms with E-state index in [0.717, 1.165) is 43.8 Å². The number of hydrogen-bond acceptors (Lipinski definition) is 4. The highest BCUT2D eigenvalue weighted by Crippen LogP contribution is 2.22. The number of carbonyl (C=O) groups excluding carboxylic acids is 1. The third kappa shape index (κ3) is 4.21. The van der Waals surface area contributed by atoms with E-state index in [0.29, 0.717) is 12.5 Å². The molecule has 0 radical (unpaired) electrons. The van der Waals surface area contributed by atoms with E-state index >= 15 is 0 Å².